The maximum atomic E-state index is 5.72. The smallest absolute Gasteiger partial charge is 0.182 e. The number of nitrogens with zero attached hydrogens (tertiary/aromatic N) is 4. The van der Waals surface area contributed by atoms with Crippen molar-refractivity contribution >= 4 is 5.69 Å². The molecule has 0 amide bonds. The zero-order chi connectivity index (χ0) is 11.5. The van der Waals surface area contributed by atoms with Crippen LogP contribution in [0.3, 0.4) is 0 Å². The molecule has 16 heavy (non-hydrogen) atoms. The lowest BCUT2D eigenvalue weighted by Gasteiger charge is -2.06. The zero-order valence-electron chi connectivity index (χ0n) is 9.51. The quantitative estimate of drug-likeness (QED) is 0.793. The van der Waals surface area contributed by atoms with E-state index < -0.39 is 0 Å². The molecular formula is C11H15N5. The first-order valence-electron chi connectivity index (χ1n) is 5.35. The van der Waals surface area contributed by atoms with Gasteiger partial charge < -0.3 is 5.73 Å². The van der Waals surface area contributed by atoms with Crippen LogP contribution in [0.25, 0.3) is 11.4 Å². The van der Waals surface area contributed by atoms with Crippen molar-refractivity contribution in [3.8, 4) is 11.4 Å². The van der Waals surface area contributed by atoms with Crippen molar-refractivity contribution in [2.75, 3.05) is 5.73 Å². The highest BCUT2D eigenvalue weighted by atomic mass is 15.5. The van der Waals surface area contributed by atoms with Crippen LogP contribution in [-0.2, 0) is 6.54 Å². The average molecular weight is 217 g/mol. The predicted molar refractivity (Wildman–Crippen MR) is 62.7 cm³/mol. The first-order chi connectivity index (χ1) is 7.72. The molecule has 1 aromatic carbocycles. The van der Waals surface area contributed by atoms with E-state index in [1.165, 1.54) is 0 Å². The maximum Gasteiger partial charge on any atom is 0.182 e. The van der Waals surface area contributed by atoms with E-state index in [2.05, 4.69) is 22.4 Å². The van der Waals surface area contributed by atoms with Gasteiger partial charge in [0.05, 0.1) is 0 Å². The number of rotatable bonds is 3. The summed E-state index contributed by atoms with van der Waals surface area (Å²) in [4.78, 5) is 0. The molecule has 0 bridgehead atoms. The van der Waals surface area contributed by atoms with Crippen LogP contribution in [0.5, 0.6) is 0 Å². The van der Waals surface area contributed by atoms with Gasteiger partial charge in [-0.1, -0.05) is 6.92 Å². The van der Waals surface area contributed by atoms with Gasteiger partial charge >= 0.3 is 0 Å². The summed E-state index contributed by atoms with van der Waals surface area (Å²) >= 11 is 0. The summed E-state index contributed by atoms with van der Waals surface area (Å²) in [5.41, 5.74) is 8.60. The lowest BCUT2D eigenvalue weighted by Crippen LogP contribution is -2.03. The Kier molecular flexibility index (Phi) is 2.85. The lowest BCUT2D eigenvalue weighted by molar-refractivity contribution is 0.583. The van der Waals surface area contributed by atoms with Crippen LogP contribution in [0.1, 0.15) is 18.9 Å². The van der Waals surface area contributed by atoms with Gasteiger partial charge in [0.1, 0.15) is 0 Å². The third-order valence-corrected chi connectivity index (χ3v) is 2.46. The summed E-state index contributed by atoms with van der Waals surface area (Å²) in [6.45, 7) is 4.93. The van der Waals surface area contributed by atoms with E-state index in [1.54, 1.807) is 0 Å². The number of anilines is 1. The lowest BCUT2D eigenvalue weighted by atomic mass is 10.1. The molecule has 0 fully saturated rings. The predicted octanol–water partition coefficient (Wildman–Crippen LogP) is 1.64. The third-order valence-electron chi connectivity index (χ3n) is 2.46. The minimum atomic E-state index is 0.760. The fourth-order valence-corrected chi connectivity index (χ4v) is 1.70. The van der Waals surface area contributed by atoms with Gasteiger partial charge in [0.25, 0.3) is 0 Å². The van der Waals surface area contributed by atoms with Gasteiger partial charge in [0.15, 0.2) is 5.82 Å². The number of nitrogen functional groups attached to an aromatic ring is 1. The Balaban J connectivity index is 2.46. The normalized spacial score (nSPS) is 10.6. The molecule has 0 aliphatic heterocycles. The summed E-state index contributed by atoms with van der Waals surface area (Å²) in [6, 6.07) is 5.76. The van der Waals surface area contributed by atoms with Gasteiger partial charge in [-0.05, 0) is 47.5 Å². The minimum Gasteiger partial charge on any atom is -0.399 e. The molecule has 0 aliphatic carbocycles. The molecule has 5 nitrogen and oxygen atoms in total. The van der Waals surface area contributed by atoms with Crippen LogP contribution < -0.4 is 5.73 Å². The molecule has 0 saturated heterocycles. The molecule has 0 atom stereocenters. The third kappa shape index (κ3) is 1.88. The summed E-state index contributed by atoms with van der Waals surface area (Å²) in [5.74, 6) is 0.805. The van der Waals surface area contributed by atoms with E-state index in [0.717, 1.165) is 35.6 Å². The van der Waals surface area contributed by atoms with Crippen LogP contribution in [0.2, 0.25) is 0 Å². The highest BCUT2D eigenvalue weighted by Crippen LogP contribution is 2.22. The van der Waals surface area contributed by atoms with E-state index in [0.29, 0.717) is 0 Å². The van der Waals surface area contributed by atoms with Gasteiger partial charge in [-0.15, -0.1) is 5.10 Å². The second-order valence-corrected chi connectivity index (χ2v) is 3.80. The van der Waals surface area contributed by atoms with Gasteiger partial charge in [0, 0.05) is 17.8 Å². The van der Waals surface area contributed by atoms with E-state index in [-0.39, 0.29) is 0 Å². The van der Waals surface area contributed by atoms with Gasteiger partial charge in [-0.2, -0.15) is 0 Å². The Bertz CT molecular complexity index is 489. The van der Waals surface area contributed by atoms with Crippen LogP contribution in [0.15, 0.2) is 18.2 Å². The molecule has 0 radical (unpaired) electrons. The number of benzene rings is 1. The van der Waals surface area contributed by atoms with E-state index in [9.17, 15) is 0 Å². The Hall–Kier alpha value is -1.91. The fraction of sp³-hybridized carbons (Fsp3) is 0.364. The van der Waals surface area contributed by atoms with Crippen molar-refractivity contribution in [1.29, 1.82) is 0 Å². The van der Waals surface area contributed by atoms with Crippen LogP contribution in [0.4, 0.5) is 5.69 Å². The van der Waals surface area contributed by atoms with Crippen molar-refractivity contribution in [2.24, 2.45) is 0 Å². The SMILES string of the molecule is CCCn1nnnc1-c1ccc(N)cc1C. The van der Waals surface area contributed by atoms with Crippen molar-refractivity contribution in [3.63, 3.8) is 0 Å². The van der Waals surface area contributed by atoms with Crippen LogP contribution in [-0.4, -0.2) is 20.2 Å². The van der Waals surface area contributed by atoms with E-state index in [4.69, 9.17) is 5.73 Å². The molecule has 5 heteroatoms. The number of hydrogen-bond acceptors (Lipinski definition) is 4. The van der Waals surface area contributed by atoms with Gasteiger partial charge in [-0.3, -0.25) is 0 Å². The number of aryl methyl sites for hydroxylation is 2. The average Bonchev–Trinajstić information content (AvgIpc) is 2.67. The second-order valence-electron chi connectivity index (χ2n) is 3.80. The molecule has 1 heterocycles. The standard InChI is InChI=1S/C11H15N5/c1-3-6-16-11(13-14-15-16)10-5-4-9(12)7-8(10)2/h4-5,7H,3,6,12H2,1-2H3. The first kappa shape index (κ1) is 10.6. The molecule has 2 aromatic rings. The molecule has 1 aromatic heterocycles. The molecule has 0 aliphatic rings. The minimum absolute atomic E-state index is 0.760. The van der Waals surface area contributed by atoms with Crippen molar-refractivity contribution in [3.05, 3.63) is 23.8 Å². The van der Waals surface area contributed by atoms with Gasteiger partial charge in [-0.25, -0.2) is 4.68 Å². The second kappa shape index (κ2) is 4.30. The van der Waals surface area contributed by atoms with Crippen LogP contribution in [0, 0.1) is 6.92 Å². The largest absolute Gasteiger partial charge is 0.399 e. The molecule has 0 spiro atoms. The Labute approximate surface area is 94.3 Å². The molecule has 2 rings (SSSR count). The topological polar surface area (TPSA) is 69.6 Å². The first-order valence-corrected chi connectivity index (χ1v) is 5.35. The molecule has 0 saturated carbocycles. The van der Waals surface area contributed by atoms with Gasteiger partial charge in [0.2, 0.25) is 0 Å². The number of nitrogens with two attached hydrogens (primary N) is 1. The number of hydrogen-bond donors (Lipinski definition) is 1. The number of aromatic nitrogens is 4. The molecule has 0 unspecified atom stereocenters. The van der Waals surface area contributed by atoms with Crippen LogP contribution >= 0.6 is 0 Å². The monoisotopic (exact) mass is 217 g/mol. The zero-order valence-corrected chi connectivity index (χ0v) is 9.51. The van der Waals surface area contributed by atoms with E-state index in [1.807, 2.05) is 29.8 Å². The Morgan fingerprint density at radius 2 is 2.19 bits per heavy atom. The Morgan fingerprint density at radius 1 is 1.38 bits per heavy atom. The molecular weight excluding hydrogens is 202 g/mol. The summed E-state index contributed by atoms with van der Waals surface area (Å²) in [6.07, 6.45) is 1.01. The summed E-state index contributed by atoms with van der Waals surface area (Å²) < 4.78 is 1.82. The van der Waals surface area contributed by atoms with Crippen molar-refractivity contribution in [1.82, 2.24) is 20.2 Å². The Morgan fingerprint density at radius 3 is 2.88 bits per heavy atom. The van der Waals surface area contributed by atoms with Crippen molar-refractivity contribution in [2.45, 2.75) is 26.8 Å². The van der Waals surface area contributed by atoms with Crippen molar-refractivity contribution < 1.29 is 0 Å². The highest BCUT2D eigenvalue weighted by Gasteiger charge is 2.10. The summed E-state index contributed by atoms with van der Waals surface area (Å²) in [7, 11) is 0. The molecule has 2 N–H and O–H groups in total. The highest BCUT2D eigenvalue weighted by molar-refractivity contribution is 5.63. The number of tetrazole rings is 1. The maximum absolute atomic E-state index is 5.72. The summed E-state index contributed by atoms with van der Waals surface area (Å²) in [5, 5.41) is 11.7. The van der Waals surface area contributed by atoms with E-state index >= 15 is 0 Å². The molecule has 84 valence electrons. The fourth-order valence-electron chi connectivity index (χ4n) is 1.70.